The zero-order valence-electron chi connectivity index (χ0n) is 30.0. The molecule has 0 aliphatic carbocycles. The lowest BCUT2D eigenvalue weighted by Gasteiger charge is -2.53. The largest absolute Gasteiger partial charge is 0.477 e. The van der Waals surface area contributed by atoms with E-state index < -0.39 is 64.9 Å². The normalized spacial score (nSPS) is 16.8. The van der Waals surface area contributed by atoms with Crippen molar-refractivity contribution in [3.05, 3.63) is 99.5 Å². The van der Waals surface area contributed by atoms with Crippen molar-refractivity contribution >= 4 is 64.7 Å². The molecule has 18 nitrogen and oxygen atoms in total. The maximum atomic E-state index is 14.0. The number of anilines is 1. The number of imide groups is 1. The van der Waals surface area contributed by atoms with Crippen LogP contribution in [0.4, 0.5) is 5.69 Å². The molecule has 2 aromatic heterocycles. The zero-order chi connectivity index (χ0) is 40.3. The first kappa shape index (κ1) is 39.6. The second kappa shape index (κ2) is 16.7. The third kappa shape index (κ3) is 8.26. The lowest BCUT2D eigenvalue weighted by molar-refractivity contribution is -0.160. The van der Waals surface area contributed by atoms with E-state index in [2.05, 4.69) is 20.5 Å². The predicted molar refractivity (Wildman–Crippen MR) is 204 cm³/mol. The van der Waals surface area contributed by atoms with Crippen molar-refractivity contribution in [3.63, 3.8) is 0 Å². The van der Waals surface area contributed by atoms with Gasteiger partial charge in [-0.2, -0.15) is 0 Å². The average molecular weight is 801 g/mol. The van der Waals surface area contributed by atoms with Gasteiger partial charge in [-0.25, -0.2) is 14.4 Å². The number of pyridine rings is 1. The molecule has 0 saturated carbocycles. The van der Waals surface area contributed by atoms with E-state index >= 15 is 0 Å². The Labute approximate surface area is 327 Å². The summed E-state index contributed by atoms with van der Waals surface area (Å²) in [6.07, 6.45) is -0.507. The SMILES string of the molecule is CC(=O)N(C(=O)[C@H](N)CC(N)=O)c1ccc(-c2ccc(CN(C(=O)Cc3ccccc3)C3C(=O)N4C(C(=O)O)=C(CSc5nnnn5C)CS[C@@H]34)c(=O)[nH]2)cc1. The number of carbonyl (C=O) groups excluding carboxylic acids is 5. The molecule has 1 saturated heterocycles. The first-order valence-corrected chi connectivity index (χ1v) is 19.1. The van der Waals surface area contributed by atoms with E-state index in [9.17, 15) is 38.7 Å². The van der Waals surface area contributed by atoms with Crippen LogP contribution in [-0.4, -0.2) is 105 Å². The van der Waals surface area contributed by atoms with Gasteiger partial charge in [-0.05, 0) is 51.4 Å². The summed E-state index contributed by atoms with van der Waals surface area (Å²) in [6, 6.07) is 15.8. The number of carbonyl (C=O) groups is 6. The molecule has 290 valence electrons. The zero-order valence-corrected chi connectivity index (χ0v) is 31.7. The number of fused-ring (bicyclic) bond motifs is 1. The Bertz CT molecular complexity index is 2300. The minimum Gasteiger partial charge on any atom is -0.477 e. The number of β-lactam (4-membered cyclic amide) rings is 1. The number of carboxylic acids is 1. The second-order valence-corrected chi connectivity index (χ2v) is 15.0. The minimum absolute atomic E-state index is 0.0627. The van der Waals surface area contributed by atoms with E-state index in [1.165, 1.54) is 63.1 Å². The molecule has 4 aromatic rings. The fourth-order valence-electron chi connectivity index (χ4n) is 6.34. The summed E-state index contributed by atoms with van der Waals surface area (Å²) in [5.74, 6) is -4.01. The van der Waals surface area contributed by atoms with Crippen molar-refractivity contribution in [2.75, 3.05) is 16.4 Å². The number of nitrogens with two attached hydrogens (primary N) is 2. The summed E-state index contributed by atoms with van der Waals surface area (Å²) in [6.45, 7) is 0.935. The van der Waals surface area contributed by atoms with Gasteiger partial charge in [0.1, 0.15) is 17.1 Å². The van der Waals surface area contributed by atoms with Crippen molar-refractivity contribution in [2.24, 2.45) is 18.5 Å². The van der Waals surface area contributed by atoms with E-state index in [0.717, 1.165) is 4.90 Å². The Kier molecular flexibility index (Phi) is 11.8. The molecule has 2 aromatic carbocycles. The molecule has 56 heavy (non-hydrogen) atoms. The second-order valence-electron chi connectivity index (χ2n) is 12.9. The monoisotopic (exact) mass is 800 g/mol. The van der Waals surface area contributed by atoms with Crippen molar-refractivity contribution < 1.29 is 33.9 Å². The number of aliphatic carboxylic acids is 1. The maximum Gasteiger partial charge on any atom is 0.352 e. The molecule has 6 rings (SSSR count). The number of hydrogen-bond donors (Lipinski definition) is 4. The molecule has 4 heterocycles. The molecule has 3 atom stereocenters. The lowest BCUT2D eigenvalue weighted by atomic mass is 9.99. The fourth-order valence-corrected chi connectivity index (χ4v) is 8.75. The molecule has 20 heteroatoms. The number of aromatic amines is 1. The number of hydrogen-bond acceptors (Lipinski definition) is 13. The number of aryl methyl sites for hydroxylation is 1. The number of carboxylic acid groups (broad SMARTS) is 1. The summed E-state index contributed by atoms with van der Waals surface area (Å²) >= 11 is 2.57. The number of nitrogens with one attached hydrogen (secondary N) is 1. The van der Waals surface area contributed by atoms with Crippen LogP contribution in [0.1, 0.15) is 24.5 Å². The highest BCUT2D eigenvalue weighted by Crippen LogP contribution is 2.44. The van der Waals surface area contributed by atoms with Gasteiger partial charge in [0.25, 0.3) is 17.4 Å². The Morgan fingerprint density at radius 3 is 2.38 bits per heavy atom. The van der Waals surface area contributed by atoms with E-state index in [-0.39, 0.29) is 41.4 Å². The van der Waals surface area contributed by atoms with Crippen LogP contribution in [0.3, 0.4) is 0 Å². The number of thioether (sulfide) groups is 2. The molecule has 5 amide bonds. The summed E-state index contributed by atoms with van der Waals surface area (Å²) < 4.78 is 1.46. The highest BCUT2D eigenvalue weighted by molar-refractivity contribution is 8.01. The molecule has 1 unspecified atom stereocenters. The van der Waals surface area contributed by atoms with Gasteiger partial charge >= 0.3 is 5.97 Å². The maximum absolute atomic E-state index is 14.0. The summed E-state index contributed by atoms with van der Waals surface area (Å²) in [7, 11) is 1.66. The van der Waals surface area contributed by atoms with Crippen LogP contribution in [0, 0.1) is 0 Å². The first-order chi connectivity index (χ1) is 26.7. The summed E-state index contributed by atoms with van der Waals surface area (Å²) in [5, 5.41) is 21.3. The Morgan fingerprint density at radius 2 is 1.77 bits per heavy atom. The number of primary amides is 1. The van der Waals surface area contributed by atoms with E-state index in [0.29, 0.717) is 27.6 Å². The number of aromatic nitrogens is 5. The van der Waals surface area contributed by atoms with Crippen molar-refractivity contribution in [3.8, 4) is 11.3 Å². The van der Waals surface area contributed by atoms with E-state index in [1.54, 1.807) is 49.5 Å². The fraction of sp³-hybridized carbons (Fsp3) is 0.278. The summed E-state index contributed by atoms with van der Waals surface area (Å²) in [5.41, 5.74) is 12.7. The summed E-state index contributed by atoms with van der Waals surface area (Å²) in [4.78, 5) is 96.7. The van der Waals surface area contributed by atoms with Crippen LogP contribution in [0.5, 0.6) is 0 Å². The third-order valence-corrected chi connectivity index (χ3v) is 11.5. The molecular weight excluding hydrogens is 765 g/mol. The highest BCUT2D eigenvalue weighted by Gasteiger charge is 2.57. The van der Waals surface area contributed by atoms with Gasteiger partial charge in [-0.3, -0.25) is 33.7 Å². The average Bonchev–Trinajstić information content (AvgIpc) is 3.58. The number of benzene rings is 2. The number of tetrazole rings is 1. The standard InChI is InChI=1S/C36H36N10O8S2/c1-19(47)45(32(51)25(37)15-27(38)48)24-11-8-21(9-12-24)26-13-10-22(31(50)39-26)16-44(28(49)14-20-6-4-3-5-7-20)30-33(52)46-29(35(53)54)23(17-55-34(30)46)18-56-36-40-41-42-43(36)2/h3-13,25,30,34H,14-18,37H2,1-2H3,(H2,38,48)(H,39,50)(H,53,54)/t25-,30?,34+/m1/s1. The van der Waals surface area contributed by atoms with Crippen molar-refractivity contribution in [2.45, 2.75) is 48.9 Å². The topological polar surface area (TPSA) is 261 Å². The number of amides is 5. The molecule has 6 N–H and O–H groups in total. The number of rotatable bonds is 14. The van der Waals surface area contributed by atoms with Crippen LogP contribution < -0.4 is 21.9 Å². The molecule has 2 aliphatic rings. The lowest BCUT2D eigenvalue weighted by Crippen LogP contribution is -2.71. The van der Waals surface area contributed by atoms with Crippen LogP contribution >= 0.6 is 23.5 Å². The molecule has 2 aliphatic heterocycles. The van der Waals surface area contributed by atoms with Gasteiger partial charge < -0.3 is 26.5 Å². The van der Waals surface area contributed by atoms with Gasteiger partial charge in [0.2, 0.25) is 22.9 Å². The van der Waals surface area contributed by atoms with Crippen LogP contribution in [0.15, 0.2) is 88.0 Å². The van der Waals surface area contributed by atoms with Gasteiger partial charge in [-0.15, -0.1) is 16.9 Å². The van der Waals surface area contributed by atoms with Gasteiger partial charge in [-0.1, -0.05) is 54.2 Å². The molecule has 0 spiro atoms. The molecule has 1 fully saturated rings. The van der Waals surface area contributed by atoms with Crippen LogP contribution in [0.2, 0.25) is 0 Å². The van der Waals surface area contributed by atoms with Crippen molar-refractivity contribution in [1.29, 1.82) is 0 Å². The van der Waals surface area contributed by atoms with E-state index in [4.69, 9.17) is 11.5 Å². The van der Waals surface area contributed by atoms with Gasteiger partial charge in [0.05, 0.1) is 31.1 Å². The first-order valence-electron chi connectivity index (χ1n) is 17.0. The Hall–Kier alpha value is -6.12. The van der Waals surface area contributed by atoms with Gasteiger partial charge in [0.15, 0.2) is 0 Å². The van der Waals surface area contributed by atoms with E-state index in [1.807, 2.05) is 6.07 Å². The Morgan fingerprint density at radius 1 is 1.05 bits per heavy atom. The quantitative estimate of drug-likeness (QED) is 0.101. The molecule has 0 bridgehead atoms. The molecule has 0 radical (unpaired) electrons. The third-order valence-electron chi connectivity index (χ3n) is 9.07. The van der Waals surface area contributed by atoms with Gasteiger partial charge in [0, 0.05) is 36.7 Å². The Balaban J connectivity index is 1.24. The van der Waals surface area contributed by atoms with Crippen LogP contribution in [-0.2, 0) is 48.8 Å². The van der Waals surface area contributed by atoms with Crippen LogP contribution in [0.25, 0.3) is 11.3 Å². The van der Waals surface area contributed by atoms with Crippen molar-refractivity contribution in [1.82, 2.24) is 35.0 Å². The predicted octanol–water partition coefficient (Wildman–Crippen LogP) is 0.634. The molecular formula is C36H36N10O8S2. The number of H-pyrrole nitrogens is 1. The highest BCUT2D eigenvalue weighted by atomic mass is 32.2. The minimum atomic E-state index is -1.32. The smallest absolute Gasteiger partial charge is 0.352 e. The number of nitrogens with zero attached hydrogens (tertiary/aromatic N) is 7.